The van der Waals surface area contributed by atoms with Gasteiger partial charge in [-0.3, -0.25) is 4.79 Å². The number of halogens is 1. The van der Waals surface area contributed by atoms with E-state index in [2.05, 4.69) is 9.97 Å². The molecule has 1 aliphatic heterocycles. The SMILES string of the molecule is O=C(Cc1c[nH]c2ncccc12)N1C[C@H](O)C[C@H]1c1cccc(F)c1. The van der Waals surface area contributed by atoms with Crippen molar-refractivity contribution in [3.8, 4) is 0 Å². The van der Waals surface area contributed by atoms with Crippen LogP contribution in [0.15, 0.2) is 48.8 Å². The number of benzene rings is 1. The Bertz CT molecular complexity index is 924. The van der Waals surface area contributed by atoms with Crippen molar-refractivity contribution in [2.24, 2.45) is 0 Å². The topological polar surface area (TPSA) is 69.2 Å². The van der Waals surface area contributed by atoms with Gasteiger partial charge in [0.2, 0.25) is 5.91 Å². The van der Waals surface area contributed by atoms with Gasteiger partial charge in [0.25, 0.3) is 0 Å². The van der Waals surface area contributed by atoms with E-state index < -0.39 is 6.10 Å². The number of aromatic amines is 1. The minimum Gasteiger partial charge on any atom is -0.391 e. The number of nitrogens with one attached hydrogen (secondary N) is 1. The van der Waals surface area contributed by atoms with E-state index in [9.17, 15) is 14.3 Å². The van der Waals surface area contributed by atoms with Crippen LogP contribution in [0.1, 0.15) is 23.6 Å². The highest BCUT2D eigenvalue weighted by Gasteiger charge is 2.35. The minimum atomic E-state index is -0.596. The average molecular weight is 339 g/mol. The quantitative estimate of drug-likeness (QED) is 0.771. The molecule has 128 valence electrons. The lowest BCUT2D eigenvalue weighted by Gasteiger charge is -2.25. The van der Waals surface area contributed by atoms with Crippen LogP contribution in [-0.4, -0.2) is 38.5 Å². The van der Waals surface area contributed by atoms with Gasteiger partial charge in [-0.05, 0) is 41.8 Å². The lowest BCUT2D eigenvalue weighted by atomic mass is 10.0. The summed E-state index contributed by atoms with van der Waals surface area (Å²) in [4.78, 5) is 21.8. The van der Waals surface area contributed by atoms with Gasteiger partial charge >= 0.3 is 0 Å². The molecule has 2 N–H and O–H groups in total. The maximum Gasteiger partial charge on any atom is 0.227 e. The Labute approximate surface area is 144 Å². The fourth-order valence-corrected chi connectivity index (χ4v) is 3.54. The standard InChI is InChI=1S/C19H18FN3O2/c20-14-4-1-3-12(7-14)17-9-15(24)11-23(17)18(25)8-13-10-22-19-16(13)5-2-6-21-19/h1-7,10,15,17,24H,8-9,11H2,(H,21,22)/t15-,17+/m1/s1. The molecule has 1 aliphatic rings. The van der Waals surface area contributed by atoms with E-state index in [4.69, 9.17) is 0 Å². The second-order valence-corrected chi connectivity index (χ2v) is 6.40. The van der Waals surface area contributed by atoms with Crippen molar-refractivity contribution in [3.05, 3.63) is 65.7 Å². The molecule has 5 nitrogen and oxygen atoms in total. The van der Waals surface area contributed by atoms with E-state index in [0.717, 1.165) is 16.6 Å². The van der Waals surface area contributed by atoms with Crippen molar-refractivity contribution in [1.82, 2.24) is 14.9 Å². The molecule has 2 atom stereocenters. The number of amides is 1. The number of β-amino-alcohol motifs (C(OH)–C–C–N with tert-alkyl or cyclic N) is 1. The fourth-order valence-electron chi connectivity index (χ4n) is 3.54. The lowest BCUT2D eigenvalue weighted by molar-refractivity contribution is -0.131. The molecule has 3 aromatic rings. The molecule has 4 rings (SSSR count). The largest absolute Gasteiger partial charge is 0.391 e. The summed E-state index contributed by atoms with van der Waals surface area (Å²) < 4.78 is 13.5. The van der Waals surface area contributed by atoms with E-state index in [1.807, 2.05) is 12.1 Å². The summed E-state index contributed by atoms with van der Waals surface area (Å²) in [5.41, 5.74) is 2.33. The Balaban J connectivity index is 1.59. The molecule has 1 saturated heterocycles. The predicted molar refractivity (Wildman–Crippen MR) is 91.3 cm³/mol. The third-order valence-corrected chi connectivity index (χ3v) is 4.71. The number of aliphatic hydroxyl groups is 1. The number of carbonyl (C=O) groups is 1. The Morgan fingerprint density at radius 1 is 1.36 bits per heavy atom. The van der Waals surface area contributed by atoms with Crippen molar-refractivity contribution in [1.29, 1.82) is 0 Å². The van der Waals surface area contributed by atoms with Crippen LogP contribution in [0.4, 0.5) is 4.39 Å². The zero-order valence-electron chi connectivity index (χ0n) is 13.5. The van der Waals surface area contributed by atoms with E-state index in [-0.39, 0.29) is 30.7 Å². The van der Waals surface area contributed by atoms with Crippen LogP contribution in [0, 0.1) is 5.82 Å². The highest BCUT2D eigenvalue weighted by molar-refractivity contribution is 5.87. The van der Waals surface area contributed by atoms with Crippen LogP contribution < -0.4 is 0 Å². The Kier molecular flexibility index (Phi) is 3.97. The van der Waals surface area contributed by atoms with Gasteiger partial charge in [-0.2, -0.15) is 0 Å². The highest BCUT2D eigenvalue weighted by atomic mass is 19.1. The van der Waals surface area contributed by atoms with Gasteiger partial charge in [0, 0.05) is 24.3 Å². The first-order chi connectivity index (χ1) is 12.1. The molecule has 0 radical (unpaired) electrons. The second-order valence-electron chi connectivity index (χ2n) is 6.40. The molecule has 1 fully saturated rings. The van der Waals surface area contributed by atoms with Crippen molar-refractivity contribution in [2.45, 2.75) is 25.0 Å². The van der Waals surface area contributed by atoms with Gasteiger partial charge in [-0.25, -0.2) is 9.37 Å². The summed E-state index contributed by atoms with van der Waals surface area (Å²) >= 11 is 0. The maximum absolute atomic E-state index is 13.5. The van der Waals surface area contributed by atoms with Crippen molar-refractivity contribution >= 4 is 16.9 Å². The summed E-state index contributed by atoms with van der Waals surface area (Å²) in [6.45, 7) is 0.265. The number of fused-ring (bicyclic) bond motifs is 1. The van der Waals surface area contributed by atoms with Gasteiger partial charge in [-0.15, -0.1) is 0 Å². The first-order valence-corrected chi connectivity index (χ1v) is 8.26. The number of carbonyl (C=O) groups excluding carboxylic acids is 1. The number of aliphatic hydroxyl groups excluding tert-OH is 1. The minimum absolute atomic E-state index is 0.0874. The molecule has 25 heavy (non-hydrogen) atoms. The smallest absolute Gasteiger partial charge is 0.227 e. The molecule has 0 spiro atoms. The monoisotopic (exact) mass is 339 g/mol. The zero-order chi connectivity index (χ0) is 17.4. The molecule has 3 heterocycles. The molecule has 1 amide bonds. The average Bonchev–Trinajstić information content (AvgIpc) is 3.19. The molecule has 0 unspecified atom stereocenters. The molecular formula is C19H18FN3O2. The van der Waals surface area contributed by atoms with Crippen LogP contribution in [-0.2, 0) is 11.2 Å². The molecule has 1 aromatic carbocycles. The summed E-state index contributed by atoms with van der Waals surface area (Å²) in [7, 11) is 0. The van der Waals surface area contributed by atoms with Crippen LogP contribution >= 0.6 is 0 Å². The van der Waals surface area contributed by atoms with Crippen LogP contribution in [0.2, 0.25) is 0 Å². The zero-order valence-corrected chi connectivity index (χ0v) is 13.5. The van der Waals surface area contributed by atoms with E-state index in [1.54, 1.807) is 29.4 Å². The number of aromatic nitrogens is 2. The molecule has 0 aliphatic carbocycles. The first kappa shape index (κ1) is 15.8. The van der Waals surface area contributed by atoms with Crippen LogP contribution in [0.5, 0.6) is 0 Å². The number of rotatable bonds is 3. The summed E-state index contributed by atoms with van der Waals surface area (Å²) in [6, 6.07) is 9.68. The Morgan fingerprint density at radius 2 is 2.24 bits per heavy atom. The maximum atomic E-state index is 13.5. The second kappa shape index (κ2) is 6.29. The molecule has 0 saturated carbocycles. The van der Waals surface area contributed by atoms with Gasteiger partial charge in [0.05, 0.1) is 18.6 Å². The predicted octanol–water partition coefficient (Wildman–Crippen LogP) is 2.58. The van der Waals surface area contributed by atoms with E-state index >= 15 is 0 Å². The lowest BCUT2D eigenvalue weighted by Crippen LogP contribution is -2.33. The van der Waals surface area contributed by atoms with E-state index in [1.165, 1.54) is 12.1 Å². The van der Waals surface area contributed by atoms with Crippen molar-refractivity contribution in [3.63, 3.8) is 0 Å². The first-order valence-electron chi connectivity index (χ1n) is 8.26. The van der Waals surface area contributed by atoms with Gasteiger partial charge < -0.3 is 15.0 Å². The third-order valence-electron chi connectivity index (χ3n) is 4.71. The number of pyridine rings is 1. The third kappa shape index (κ3) is 3.00. The van der Waals surface area contributed by atoms with Crippen LogP contribution in [0.25, 0.3) is 11.0 Å². The summed E-state index contributed by atoms with van der Waals surface area (Å²) in [5.74, 6) is -0.426. The van der Waals surface area contributed by atoms with Gasteiger partial charge in [-0.1, -0.05) is 12.1 Å². The van der Waals surface area contributed by atoms with Crippen molar-refractivity contribution in [2.75, 3.05) is 6.54 Å². The molecule has 2 aromatic heterocycles. The molecule has 6 heteroatoms. The summed E-state index contributed by atoms with van der Waals surface area (Å²) in [5, 5.41) is 11.0. The van der Waals surface area contributed by atoms with Crippen molar-refractivity contribution < 1.29 is 14.3 Å². The number of hydrogen-bond donors (Lipinski definition) is 2. The van der Waals surface area contributed by atoms with Crippen LogP contribution in [0.3, 0.4) is 0 Å². The normalized spacial score (nSPS) is 20.3. The van der Waals surface area contributed by atoms with Gasteiger partial charge in [0.15, 0.2) is 0 Å². The van der Waals surface area contributed by atoms with E-state index in [0.29, 0.717) is 12.0 Å². The Morgan fingerprint density at radius 3 is 3.08 bits per heavy atom. The number of H-pyrrole nitrogens is 1. The van der Waals surface area contributed by atoms with Gasteiger partial charge in [0.1, 0.15) is 11.5 Å². The fraction of sp³-hybridized carbons (Fsp3) is 0.263. The summed E-state index contributed by atoms with van der Waals surface area (Å²) in [6.07, 6.45) is 3.52. The molecule has 0 bridgehead atoms. The molecular weight excluding hydrogens is 321 g/mol. The highest BCUT2D eigenvalue weighted by Crippen LogP contribution is 2.33. The number of likely N-dealkylation sites (tertiary alicyclic amines) is 1. The Hall–Kier alpha value is -2.73. The number of nitrogens with zero attached hydrogens (tertiary/aromatic N) is 2. The number of hydrogen-bond acceptors (Lipinski definition) is 3.